The maximum absolute atomic E-state index is 11.2. The van der Waals surface area contributed by atoms with E-state index in [1.54, 1.807) is 0 Å². The molecule has 0 rings (SSSR count). The Labute approximate surface area is 40.6 Å². The molecule has 0 N–H and O–H groups in total. The van der Waals surface area contributed by atoms with Crippen molar-refractivity contribution in [3.05, 3.63) is 0 Å². The van der Waals surface area contributed by atoms with Gasteiger partial charge in [-0.1, -0.05) is 0 Å². The molecule has 0 fully saturated rings. The molecule has 0 aliphatic heterocycles. The summed E-state index contributed by atoms with van der Waals surface area (Å²) in [4.78, 5) is 0. The van der Waals surface area contributed by atoms with Gasteiger partial charge in [0.2, 0.25) is 0 Å². The molecule has 0 aromatic rings. The zero-order chi connectivity index (χ0) is 4.50. The van der Waals surface area contributed by atoms with E-state index in [1.165, 1.54) is 0 Å². The summed E-state index contributed by atoms with van der Waals surface area (Å²) >= 11 is -1.64. The maximum atomic E-state index is 11.2. The van der Waals surface area contributed by atoms with Crippen LogP contribution in [0.4, 0.5) is 3.50 Å². The third kappa shape index (κ3) is 10.6. The summed E-state index contributed by atoms with van der Waals surface area (Å²) in [6.07, 6.45) is 0. The second-order valence-corrected chi connectivity index (χ2v) is 8.83. The van der Waals surface area contributed by atoms with Gasteiger partial charge in [0, 0.05) is 0 Å². The molecule has 0 spiro atoms. The molecule has 0 aliphatic rings. The van der Waals surface area contributed by atoms with E-state index in [4.69, 9.17) is 0.927 Å². The molecule has 0 saturated heterocycles. The Hall–Kier alpha value is 1.24. The summed E-state index contributed by atoms with van der Waals surface area (Å²) in [5.74, 6) is 0. The monoisotopic (exact) mass is 209 g/mol. The first kappa shape index (κ1) is 3.43. The first-order valence-corrected chi connectivity index (χ1v) is 9.03. The summed E-state index contributed by atoms with van der Waals surface area (Å²) in [6, 6.07) is 0. The molecule has 0 nitrogen and oxygen atoms in total. The number of halogens is 3. The molecule has 0 heterocycles. The van der Waals surface area contributed by atoms with E-state index in [-0.39, 0.29) is 0 Å². The van der Waals surface area contributed by atoms with Gasteiger partial charge in [0.05, 0.1) is 0 Å². The first-order chi connectivity index (χ1) is 2.00. The Morgan fingerprint density at radius 3 is 2.50 bits per heavy atom. The summed E-state index contributed by atoms with van der Waals surface area (Å²) in [5.41, 5.74) is 0. The van der Waals surface area contributed by atoms with Gasteiger partial charge in [-0.05, 0) is 0 Å². The van der Waals surface area contributed by atoms with Crippen molar-refractivity contribution in [2.24, 2.45) is 0 Å². The Kier molecular flexibility index (Phi) is 2.13. The zero-order valence-electron chi connectivity index (χ0n) is 2.63. The molecule has 0 aliphatic carbocycles. The van der Waals surface area contributed by atoms with E-state index in [0.29, 0.717) is 0 Å². The van der Waals surface area contributed by atoms with Crippen molar-refractivity contribution in [3.8, 4) is 0 Å². The van der Waals surface area contributed by atoms with Crippen LogP contribution in [0.3, 0.4) is 0 Å². The SMILES string of the molecule is [2H][74Ge]([19F])([35Cl])[79Br]. The van der Waals surface area contributed by atoms with E-state index in [1.807, 2.05) is 0 Å². The summed E-state index contributed by atoms with van der Waals surface area (Å²) in [6.45, 7) is 0. The van der Waals surface area contributed by atoms with Crippen molar-refractivity contribution in [1.29, 1.82) is 0.927 Å². The van der Waals surface area contributed by atoms with E-state index in [2.05, 4.69) is 24.0 Å². The van der Waals surface area contributed by atoms with Crippen LogP contribution in [0.25, 0.3) is 0 Å². The van der Waals surface area contributed by atoms with Gasteiger partial charge in [-0.2, -0.15) is 0 Å². The molecule has 0 radical (unpaired) electrons. The van der Waals surface area contributed by atoms with Gasteiger partial charge >= 0.3 is 40.3 Å². The van der Waals surface area contributed by atoms with Crippen LogP contribution in [0.15, 0.2) is 0 Å². The fourth-order valence-corrected chi connectivity index (χ4v) is 0. The Morgan fingerprint density at radius 1 is 2.50 bits per heavy atom. The second-order valence-electron chi connectivity index (χ2n) is 0.214. The standard InChI is InChI=1S/BrClFGeH/c1-4(2)3/h4H/i1-1,2+0,3+0,4+1D. The normalized spacial score (nSPS) is 27.2. The minimum atomic E-state index is -3.97. The summed E-state index contributed by atoms with van der Waals surface area (Å²) < 4.78 is 17.4. The van der Waals surface area contributed by atoms with Crippen LogP contribution in [0.1, 0.15) is 0 Å². The van der Waals surface area contributed by atoms with Crippen molar-refractivity contribution in [1.82, 2.24) is 0 Å². The van der Waals surface area contributed by atoms with Crippen LogP contribution in [0.2, 0.25) is 0 Å². The van der Waals surface area contributed by atoms with Gasteiger partial charge in [0.25, 0.3) is 0 Å². The summed E-state index contributed by atoms with van der Waals surface area (Å²) in [5, 5.41) is 0. The number of hydrogen-bond acceptors (Lipinski definition) is 0. The molecule has 0 saturated carbocycles. The molecule has 0 bridgehead atoms. The Morgan fingerprint density at radius 2 is 2.50 bits per heavy atom. The molecule has 0 aromatic carbocycles. The summed E-state index contributed by atoms with van der Waals surface area (Å²) in [7, 11) is 4.63. The molecular weight excluding hydrogens is 207 g/mol. The van der Waals surface area contributed by atoms with E-state index in [0.717, 1.165) is 0 Å². The van der Waals surface area contributed by atoms with Gasteiger partial charge in [0.15, 0.2) is 0 Å². The van der Waals surface area contributed by atoms with Crippen LogP contribution in [0.5, 0.6) is 0 Å². The molecule has 0 amide bonds. The average molecular weight is 209 g/mol. The van der Waals surface area contributed by atoms with Crippen molar-refractivity contribution in [2.45, 2.75) is 0 Å². The molecule has 1 unspecified atom stereocenters. The predicted octanol–water partition coefficient (Wildman–Crippen LogP) is 1.31. The number of rotatable bonds is 0. The van der Waals surface area contributed by atoms with Gasteiger partial charge in [-0.25, -0.2) is 0 Å². The van der Waals surface area contributed by atoms with Gasteiger partial charge < -0.3 is 0 Å². The van der Waals surface area contributed by atoms with Gasteiger partial charge in [0.1, 0.15) is 0 Å². The van der Waals surface area contributed by atoms with E-state index in [9.17, 15) is 3.50 Å². The third-order valence-electron chi connectivity index (χ3n) is 0. The fourth-order valence-electron chi connectivity index (χ4n) is 0. The molecule has 0 aromatic heterocycles. The number of hydrogen-bond donors (Lipinski definition) is 0. The van der Waals surface area contributed by atoms with Gasteiger partial charge in [-0.3, -0.25) is 0 Å². The third-order valence-corrected chi connectivity index (χ3v) is 0. The molecule has 26 valence electrons. The first-order valence-electron chi connectivity index (χ1n) is 1.07. The van der Waals surface area contributed by atoms with Crippen LogP contribution in [0, 0.1) is 0 Å². The topological polar surface area (TPSA) is 0 Å². The van der Waals surface area contributed by atoms with Crippen molar-refractivity contribution >= 4 is 35.9 Å². The molecule has 4 heavy (non-hydrogen) atoms. The quantitative estimate of drug-likeness (QED) is 0.527. The van der Waals surface area contributed by atoms with Crippen molar-refractivity contribution < 1.29 is 3.50 Å². The van der Waals surface area contributed by atoms with E-state index < -0.39 is 11.9 Å². The minimum absolute atomic E-state index is 2.33. The Balaban J connectivity index is 3.02. The molecule has 1 atom stereocenters. The predicted molar refractivity (Wildman–Crippen MR) is 23.0 cm³/mol. The van der Waals surface area contributed by atoms with Gasteiger partial charge in [-0.15, -0.1) is 0 Å². The second kappa shape index (κ2) is 2.48. The van der Waals surface area contributed by atoms with Crippen LogP contribution >= 0.6 is 24.0 Å². The van der Waals surface area contributed by atoms with Crippen LogP contribution < -0.4 is 0 Å². The van der Waals surface area contributed by atoms with Crippen LogP contribution in [-0.2, 0) is 0 Å². The fraction of sp³-hybridized carbons (Fsp3) is 0. The average Bonchev–Trinajstić information content (AvgIpc) is 0.722. The van der Waals surface area contributed by atoms with E-state index >= 15 is 0 Å². The molecular formula is HBrClFGe. The molecule has 4 heteroatoms. The van der Waals surface area contributed by atoms with Crippen molar-refractivity contribution in [2.75, 3.05) is 0 Å². The van der Waals surface area contributed by atoms with Crippen molar-refractivity contribution in [3.63, 3.8) is 0 Å². The van der Waals surface area contributed by atoms with Crippen LogP contribution in [-0.4, -0.2) is 12.8 Å². The Bertz CT molecular complexity index is 27.1. The zero-order valence-corrected chi connectivity index (χ0v) is 6.07.